The van der Waals surface area contributed by atoms with Crippen molar-refractivity contribution in [2.24, 2.45) is 0 Å². The Hall–Kier alpha value is -2.31. The fourth-order valence-electron chi connectivity index (χ4n) is 1.26. The standard InChI is InChI=1S/C12H16N4O3/c1-9(17)2-3-11(18)15-6-7-16-12(19)10-8-13-4-5-14-10/h4-5,8H,2-3,6-7H2,1H3,(H,15,18)(H,16,19). The highest BCUT2D eigenvalue weighted by atomic mass is 16.2. The third-order valence-corrected chi connectivity index (χ3v) is 2.23. The van der Waals surface area contributed by atoms with Crippen LogP contribution in [-0.4, -0.2) is 40.7 Å². The average Bonchev–Trinajstić information content (AvgIpc) is 2.42. The highest BCUT2D eigenvalue weighted by Gasteiger charge is 2.06. The molecule has 0 fully saturated rings. The van der Waals surface area contributed by atoms with Crippen LogP contribution in [0.5, 0.6) is 0 Å². The van der Waals surface area contributed by atoms with Crippen molar-refractivity contribution in [2.45, 2.75) is 19.8 Å². The summed E-state index contributed by atoms with van der Waals surface area (Å²) in [6.07, 6.45) is 4.68. The summed E-state index contributed by atoms with van der Waals surface area (Å²) in [5.41, 5.74) is 0.227. The number of aromatic nitrogens is 2. The van der Waals surface area contributed by atoms with Gasteiger partial charge in [-0.15, -0.1) is 0 Å². The van der Waals surface area contributed by atoms with Crippen LogP contribution in [0, 0.1) is 0 Å². The molecule has 102 valence electrons. The molecule has 0 bridgehead atoms. The number of rotatable bonds is 7. The van der Waals surface area contributed by atoms with E-state index in [9.17, 15) is 14.4 Å². The van der Waals surface area contributed by atoms with Crippen LogP contribution in [0.3, 0.4) is 0 Å². The molecule has 0 atom stereocenters. The molecule has 0 aliphatic rings. The Morgan fingerprint density at radius 1 is 1.11 bits per heavy atom. The van der Waals surface area contributed by atoms with Gasteiger partial charge in [0.1, 0.15) is 11.5 Å². The van der Waals surface area contributed by atoms with Crippen molar-refractivity contribution in [3.63, 3.8) is 0 Å². The van der Waals surface area contributed by atoms with E-state index in [0.717, 1.165) is 0 Å². The average molecular weight is 264 g/mol. The van der Waals surface area contributed by atoms with Gasteiger partial charge < -0.3 is 15.4 Å². The van der Waals surface area contributed by atoms with Gasteiger partial charge in [-0.25, -0.2) is 4.98 Å². The summed E-state index contributed by atoms with van der Waals surface area (Å²) in [6.45, 7) is 2.04. The summed E-state index contributed by atoms with van der Waals surface area (Å²) in [4.78, 5) is 41.1. The Bertz CT molecular complexity index is 448. The number of hydrogen-bond acceptors (Lipinski definition) is 5. The Morgan fingerprint density at radius 2 is 1.84 bits per heavy atom. The van der Waals surface area contributed by atoms with E-state index in [-0.39, 0.29) is 36.1 Å². The van der Waals surface area contributed by atoms with Gasteiger partial charge in [0.2, 0.25) is 5.91 Å². The van der Waals surface area contributed by atoms with Crippen LogP contribution in [0.2, 0.25) is 0 Å². The van der Waals surface area contributed by atoms with Gasteiger partial charge in [0, 0.05) is 38.3 Å². The molecule has 19 heavy (non-hydrogen) atoms. The van der Waals surface area contributed by atoms with Crippen LogP contribution < -0.4 is 10.6 Å². The summed E-state index contributed by atoms with van der Waals surface area (Å²) in [7, 11) is 0. The summed E-state index contributed by atoms with van der Waals surface area (Å²) in [5, 5.41) is 5.20. The molecule has 2 amide bonds. The summed E-state index contributed by atoms with van der Waals surface area (Å²) in [5.74, 6) is -0.568. The van der Waals surface area contributed by atoms with Crippen molar-refractivity contribution < 1.29 is 14.4 Å². The Kier molecular flexibility index (Phi) is 6.14. The zero-order chi connectivity index (χ0) is 14.1. The van der Waals surface area contributed by atoms with Crippen LogP contribution in [0.25, 0.3) is 0 Å². The SMILES string of the molecule is CC(=O)CCC(=O)NCCNC(=O)c1cnccn1. The van der Waals surface area contributed by atoms with Gasteiger partial charge in [0.05, 0.1) is 6.20 Å². The third kappa shape index (κ3) is 6.25. The Labute approximate surface area is 110 Å². The van der Waals surface area contributed by atoms with Crippen LogP contribution >= 0.6 is 0 Å². The van der Waals surface area contributed by atoms with Gasteiger partial charge in [0.25, 0.3) is 5.91 Å². The minimum atomic E-state index is -0.342. The molecule has 1 heterocycles. The maximum absolute atomic E-state index is 11.5. The predicted molar refractivity (Wildman–Crippen MR) is 67.3 cm³/mol. The maximum atomic E-state index is 11.5. The first-order valence-electron chi connectivity index (χ1n) is 5.90. The van der Waals surface area contributed by atoms with E-state index in [2.05, 4.69) is 20.6 Å². The van der Waals surface area contributed by atoms with Gasteiger partial charge in [-0.2, -0.15) is 0 Å². The largest absolute Gasteiger partial charge is 0.354 e. The molecule has 0 radical (unpaired) electrons. The van der Waals surface area contributed by atoms with Crippen LogP contribution in [0.4, 0.5) is 0 Å². The third-order valence-electron chi connectivity index (χ3n) is 2.23. The van der Waals surface area contributed by atoms with E-state index in [4.69, 9.17) is 0 Å². The normalized spacial score (nSPS) is 9.74. The lowest BCUT2D eigenvalue weighted by molar-refractivity contribution is -0.124. The molecule has 7 nitrogen and oxygen atoms in total. The molecule has 0 saturated heterocycles. The lowest BCUT2D eigenvalue weighted by atomic mass is 10.2. The quantitative estimate of drug-likeness (QED) is 0.658. The molecule has 1 rings (SSSR count). The molecule has 0 aliphatic heterocycles. The van der Waals surface area contributed by atoms with Gasteiger partial charge >= 0.3 is 0 Å². The van der Waals surface area contributed by atoms with Crippen LogP contribution in [0.1, 0.15) is 30.3 Å². The second kappa shape index (κ2) is 7.91. The topological polar surface area (TPSA) is 101 Å². The summed E-state index contributed by atoms with van der Waals surface area (Å²) in [6, 6.07) is 0. The molecular weight excluding hydrogens is 248 g/mol. The Balaban J connectivity index is 2.16. The number of carbonyl (C=O) groups excluding carboxylic acids is 3. The summed E-state index contributed by atoms with van der Waals surface area (Å²) < 4.78 is 0. The zero-order valence-corrected chi connectivity index (χ0v) is 10.7. The number of amides is 2. The lowest BCUT2D eigenvalue weighted by Crippen LogP contribution is -2.35. The highest BCUT2D eigenvalue weighted by molar-refractivity contribution is 5.91. The number of hydrogen-bond donors (Lipinski definition) is 2. The van der Waals surface area contributed by atoms with Crippen LogP contribution in [-0.2, 0) is 9.59 Å². The van der Waals surface area contributed by atoms with E-state index in [0.29, 0.717) is 13.1 Å². The predicted octanol–water partition coefficient (Wildman–Crippen LogP) is -0.308. The Morgan fingerprint density at radius 3 is 2.47 bits per heavy atom. The number of Topliss-reactive ketones (excluding diaryl/α,β-unsaturated/α-hetero) is 1. The first-order valence-corrected chi connectivity index (χ1v) is 5.90. The van der Waals surface area contributed by atoms with E-state index in [1.165, 1.54) is 25.5 Å². The van der Waals surface area contributed by atoms with Gasteiger partial charge in [0.15, 0.2) is 0 Å². The minimum Gasteiger partial charge on any atom is -0.354 e. The second-order valence-electron chi connectivity index (χ2n) is 3.90. The molecule has 0 saturated carbocycles. The monoisotopic (exact) mass is 264 g/mol. The first kappa shape index (κ1) is 14.7. The molecule has 2 N–H and O–H groups in total. The van der Waals surface area contributed by atoms with E-state index < -0.39 is 0 Å². The fourth-order valence-corrected chi connectivity index (χ4v) is 1.26. The molecular formula is C12H16N4O3. The molecule has 0 aromatic carbocycles. The molecule has 1 aromatic heterocycles. The molecule has 0 spiro atoms. The van der Waals surface area contributed by atoms with Gasteiger partial charge in [-0.1, -0.05) is 0 Å². The fraction of sp³-hybridized carbons (Fsp3) is 0.417. The van der Waals surface area contributed by atoms with E-state index in [1.807, 2.05) is 0 Å². The van der Waals surface area contributed by atoms with Crippen molar-refractivity contribution >= 4 is 17.6 Å². The summed E-state index contributed by atoms with van der Waals surface area (Å²) >= 11 is 0. The van der Waals surface area contributed by atoms with Crippen molar-refractivity contribution in [2.75, 3.05) is 13.1 Å². The number of carbonyl (C=O) groups is 3. The number of ketones is 1. The maximum Gasteiger partial charge on any atom is 0.271 e. The highest BCUT2D eigenvalue weighted by Crippen LogP contribution is 1.90. The molecule has 0 unspecified atom stereocenters. The smallest absolute Gasteiger partial charge is 0.271 e. The first-order chi connectivity index (χ1) is 9.09. The lowest BCUT2D eigenvalue weighted by Gasteiger charge is -2.06. The second-order valence-corrected chi connectivity index (χ2v) is 3.90. The minimum absolute atomic E-state index is 0.0221. The van der Waals surface area contributed by atoms with E-state index >= 15 is 0 Å². The van der Waals surface area contributed by atoms with Crippen LogP contribution in [0.15, 0.2) is 18.6 Å². The van der Waals surface area contributed by atoms with Crippen molar-refractivity contribution in [1.82, 2.24) is 20.6 Å². The van der Waals surface area contributed by atoms with Gasteiger partial charge in [-0.3, -0.25) is 14.6 Å². The molecule has 1 aromatic rings. The van der Waals surface area contributed by atoms with Crippen molar-refractivity contribution in [1.29, 1.82) is 0 Å². The zero-order valence-electron chi connectivity index (χ0n) is 10.7. The van der Waals surface area contributed by atoms with Crippen molar-refractivity contribution in [3.05, 3.63) is 24.3 Å². The molecule has 7 heteroatoms. The van der Waals surface area contributed by atoms with Crippen molar-refractivity contribution in [3.8, 4) is 0 Å². The number of nitrogens with zero attached hydrogens (tertiary/aromatic N) is 2. The van der Waals surface area contributed by atoms with E-state index in [1.54, 1.807) is 0 Å². The molecule has 0 aliphatic carbocycles. The number of nitrogens with one attached hydrogen (secondary N) is 2. The van der Waals surface area contributed by atoms with Gasteiger partial charge in [-0.05, 0) is 6.92 Å².